The lowest BCUT2D eigenvalue weighted by atomic mass is 10.7. The first-order valence-electron chi connectivity index (χ1n) is 2.90. The van der Waals surface area contributed by atoms with E-state index in [1.54, 1.807) is 0 Å². The highest BCUT2D eigenvalue weighted by atomic mass is 79.9. The molecule has 10 heavy (non-hydrogen) atoms. The Morgan fingerprint density at radius 3 is 2.50 bits per heavy atom. The Morgan fingerprint density at radius 2 is 2.10 bits per heavy atom. The quantitative estimate of drug-likeness (QED) is 0.546. The van der Waals surface area contributed by atoms with Crippen LogP contribution in [0.5, 0.6) is 0 Å². The summed E-state index contributed by atoms with van der Waals surface area (Å²) in [6.45, 7) is 2.73. The van der Waals surface area contributed by atoms with Gasteiger partial charge < -0.3 is 4.90 Å². The van der Waals surface area contributed by atoms with Crippen molar-refractivity contribution in [2.75, 3.05) is 13.7 Å². The summed E-state index contributed by atoms with van der Waals surface area (Å²) in [5.41, 5.74) is 0. The molecule has 0 amide bonds. The fraction of sp³-hybridized carbons (Fsp3) is 0.429. The van der Waals surface area contributed by atoms with E-state index in [4.69, 9.17) is 0 Å². The SMILES string of the molecule is Br.CC#CN1C=CN(C)C1. The Bertz CT molecular complexity index is 178. The number of rotatable bonds is 0. The average Bonchev–Trinajstić information content (AvgIpc) is 2.17. The Labute approximate surface area is 72.3 Å². The van der Waals surface area contributed by atoms with Crippen LogP contribution < -0.4 is 0 Å². The Morgan fingerprint density at radius 1 is 1.40 bits per heavy atom. The monoisotopic (exact) mass is 202 g/mol. The lowest BCUT2D eigenvalue weighted by Gasteiger charge is -2.09. The molecular formula is C7H11BrN2. The van der Waals surface area contributed by atoms with Crippen molar-refractivity contribution in [3.63, 3.8) is 0 Å². The van der Waals surface area contributed by atoms with Gasteiger partial charge in [0.2, 0.25) is 0 Å². The van der Waals surface area contributed by atoms with Crippen molar-refractivity contribution in [2.45, 2.75) is 6.92 Å². The fourth-order valence-corrected chi connectivity index (χ4v) is 0.745. The van der Waals surface area contributed by atoms with Gasteiger partial charge in [0.25, 0.3) is 0 Å². The van der Waals surface area contributed by atoms with Crippen LogP contribution in [0.25, 0.3) is 0 Å². The van der Waals surface area contributed by atoms with Gasteiger partial charge >= 0.3 is 0 Å². The number of nitrogens with zero attached hydrogens (tertiary/aromatic N) is 2. The van der Waals surface area contributed by atoms with E-state index >= 15 is 0 Å². The second kappa shape index (κ2) is 4.24. The topological polar surface area (TPSA) is 6.48 Å². The molecule has 1 heterocycles. The number of halogens is 1. The molecule has 1 aliphatic heterocycles. The van der Waals surface area contributed by atoms with Gasteiger partial charge in [-0.25, -0.2) is 0 Å². The van der Waals surface area contributed by atoms with Crippen LogP contribution in [0.3, 0.4) is 0 Å². The lowest BCUT2D eigenvalue weighted by molar-refractivity contribution is 0.376. The average molecular weight is 203 g/mol. The van der Waals surface area contributed by atoms with E-state index in [-0.39, 0.29) is 17.0 Å². The summed E-state index contributed by atoms with van der Waals surface area (Å²) in [5.74, 6) is 2.83. The molecule has 1 aliphatic rings. The van der Waals surface area contributed by atoms with Gasteiger partial charge in [-0.05, 0) is 6.92 Å². The molecule has 0 saturated heterocycles. The first-order chi connectivity index (χ1) is 4.33. The standard InChI is InChI=1S/C7H10N2.BrH/c1-3-4-9-6-5-8(2)7-9;/h5-6H,7H2,1-2H3;1H. The minimum Gasteiger partial charge on any atom is -0.361 e. The molecule has 0 fully saturated rings. The summed E-state index contributed by atoms with van der Waals surface area (Å²) in [6, 6.07) is 2.93. The molecule has 0 aromatic carbocycles. The molecule has 0 bridgehead atoms. The van der Waals surface area contributed by atoms with Crippen LogP contribution in [-0.2, 0) is 0 Å². The Balaban J connectivity index is 0.000000810. The van der Waals surface area contributed by atoms with Crippen molar-refractivity contribution in [3.8, 4) is 12.0 Å². The van der Waals surface area contributed by atoms with Crippen LogP contribution in [0, 0.1) is 12.0 Å². The Kier molecular flexibility index (Phi) is 3.97. The summed E-state index contributed by atoms with van der Waals surface area (Å²) in [5, 5.41) is 0. The van der Waals surface area contributed by atoms with Crippen LogP contribution in [0.2, 0.25) is 0 Å². The summed E-state index contributed by atoms with van der Waals surface area (Å²) >= 11 is 0. The van der Waals surface area contributed by atoms with E-state index in [0.29, 0.717) is 0 Å². The molecule has 0 radical (unpaired) electrons. The largest absolute Gasteiger partial charge is 0.361 e. The van der Waals surface area contributed by atoms with Crippen molar-refractivity contribution in [2.24, 2.45) is 0 Å². The predicted octanol–water partition coefficient (Wildman–Crippen LogP) is 1.22. The van der Waals surface area contributed by atoms with Gasteiger partial charge in [-0.2, -0.15) is 0 Å². The van der Waals surface area contributed by atoms with Gasteiger partial charge in [0, 0.05) is 25.5 Å². The zero-order valence-corrected chi connectivity index (χ0v) is 7.88. The van der Waals surface area contributed by atoms with E-state index in [0.717, 1.165) is 6.67 Å². The molecule has 56 valence electrons. The van der Waals surface area contributed by atoms with Crippen molar-refractivity contribution in [1.29, 1.82) is 0 Å². The maximum absolute atomic E-state index is 2.93. The fourth-order valence-electron chi connectivity index (χ4n) is 0.745. The molecule has 0 N–H and O–H groups in total. The molecule has 3 heteroatoms. The van der Waals surface area contributed by atoms with Crippen molar-refractivity contribution < 1.29 is 0 Å². The molecule has 0 aliphatic carbocycles. The second-order valence-electron chi connectivity index (χ2n) is 2.03. The molecule has 0 aromatic heterocycles. The molecule has 0 unspecified atom stereocenters. The van der Waals surface area contributed by atoms with Gasteiger partial charge in [0.05, 0.1) is 0 Å². The molecule has 0 spiro atoms. The smallest absolute Gasteiger partial charge is 0.101 e. The number of hydrogen-bond donors (Lipinski definition) is 0. The third kappa shape index (κ3) is 2.32. The third-order valence-electron chi connectivity index (χ3n) is 1.13. The Hall–Kier alpha value is -0.620. The molecule has 0 saturated carbocycles. The summed E-state index contributed by atoms with van der Waals surface area (Å²) in [4.78, 5) is 4.02. The van der Waals surface area contributed by atoms with Crippen molar-refractivity contribution in [1.82, 2.24) is 9.80 Å². The molecule has 0 atom stereocenters. The van der Waals surface area contributed by atoms with Gasteiger partial charge in [-0.1, -0.05) is 5.92 Å². The first-order valence-corrected chi connectivity index (χ1v) is 2.90. The van der Waals surface area contributed by atoms with Gasteiger partial charge in [0.1, 0.15) is 6.67 Å². The second-order valence-corrected chi connectivity index (χ2v) is 2.03. The highest BCUT2D eigenvalue weighted by Gasteiger charge is 2.03. The minimum atomic E-state index is 0. The summed E-state index contributed by atoms with van der Waals surface area (Å²) < 4.78 is 0. The van der Waals surface area contributed by atoms with Gasteiger partial charge in [-0.15, -0.1) is 17.0 Å². The van der Waals surface area contributed by atoms with Crippen molar-refractivity contribution >= 4 is 17.0 Å². The maximum Gasteiger partial charge on any atom is 0.101 e. The summed E-state index contributed by atoms with van der Waals surface area (Å²) in [7, 11) is 2.02. The zero-order chi connectivity index (χ0) is 6.69. The van der Waals surface area contributed by atoms with E-state index in [2.05, 4.69) is 16.9 Å². The van der Waals surface area contributed by atoms with Gasteiger partial charge in [-0.3, -0.25) is 4.90 Å². The van der Waals surface area contributed by atoms with E-state index < -0.39 is 0 Å². The van der Waals surface area contributed by atoms with E-state index in [1.807, 2.05) is 31.3 Å². The van der Waals surface area contributed by atoms with E-state index in [9.17, 15) is 0 Å². The lowest BCUT2D eigenvalue weighted by Crippen LogP contribution is -2.17. The molecule has 2 nitrogen and oxygen atoms in total. The van der Waals surface area contributed by atoms with E-state index in [1.165, 1.54) is 0 Å². The summed E-state index contributed by atoms with van der Waals surface area (Å²) in [6.07, 6.45) is 3.97. The predicted molar refractivity (Wildman–Crippen MR) is 47.4 cm³/mol. The highest BCUT2D eigenvalue weighted by molar-refractivity contribution is 8.93. The maximum atomic E-state index is 2.93. The van der Waals surface area contributed by atoms with Crippen LogP contribution in [0.1, 0.15) is 6.92 Å². The van der Waals surface area contributed by atoms with Crippen LogP contribution in [-0.4, -0.2) is 23.5 Å². The molecular weight excluding hydrogens is 192 g/mol. The van der Waals surface area contributed by atoms with Crippen LogP contribution in [0.15, 0.2) is 12.4 Å². The number of hydrogen-bond acceptors (Lipinski definition) is 2. The molecule has 1 rings (SSSR count). The molecule has 0 aromatic rings. The van der Waals surface area contributed by atoms with Crippen LogP contribution in [0.4, 0.5) is 0 Å². The van der Waals surface area contributed by atoms with Crippen LogP contribution >= 0.6 is 17.0 Å². The van der Waals surface area contributed by atoms with Crippen molar-refractivity contribution in [3.05, 3.63) is 12.4 Å². The first kappa shape index (κ1) is 9.38. The minimum absolute atomic E-state index is 0. The normalized spacial score (nSPS) is 14.2. The third-order valence-corrected chi connectivity index (χ3v) is 1.13. The highest BCUT2D eigenvalue weighted by Crippen LogP contribution is 2.00. The van der Waals surface area contributed by atoms with Gasteiger partial charge in [0.15, 0.2) is 0 Å². The zero-order valence-electron chi connectivity index (χ0n) is 6.16.